The summed E-state index contributed by atoms with van der Waals surface area (Å²) < 4.78 is 11.3. The third-order valence-corrected chi connectivity index (χ3v) is 2.72. The van der Waals surface area contributed by atoms with Crippen molar-refractivity contribution >= 4 is 0 Å². The van der Waals surface area contributed by atoms with E-state index in [4.69, 9.17) is 9.47 Å². The topological polar surface area (TPSA) is 18.5 Å². The maximum atomic E-state index is 5.69. The molecule has 0 saturated carbocycles. The van der Waals surface area contributed by atoms with Crippen LogP contribution in [0.3, 0.4) is 0 Å². The SMILES string of the molecule is CC1=CC2=C(CC1C)OCC(C)O2. The fourth-order valence-corrected chi connectivity index (χ4v) is 1.67. The third-order valence-electron chi connectivity index (χ3n) is 2.72. The van der Waals surface area contributed by atoms with Gasteiger partial charge in [0.15, 0.2) is 5.76 Å². The van der Waals surface area contributed by atoms with Crippen LogP contribution >= 0.6 is 0 Å². The largest absolute Gasteiger partial charge is 0.490 e. The van der Waals surface area contributed by atoms with E-state index in [1.165, 1.54) is 5.57 Å². The summed E-state index contributed by atoms with van der Waals surface area (Å²) >= 11 is 0. The summed E-state index contributed by atoms with van der Waals surface area (Å²) in [4.78, 5) is 0. The van der Waals surface area contributed by atoms with Gasteiger partial charge in [-0.2, -0.15) is 0 Å². The maximum absolute atomic E-state index is 5.69. The molecule has 13 heavy (non-hydrogen) atoms. The normalized spacial score (nSPS) is 33.0. The van der Waals surface area contributed by atoms with E-state index in [2.05, 4.69) is 19.9 Å². The van der Waals surface area contributed by atoms with Crippen molar-refractivity contribution in [1.82, 2.24) is 0 Å². The Morgan fingerprint density at radius 3 is 2.92 bits per heavy atom. The van der Waals surface area contributed by atoms with E-state index < -0.39 is 0 Å². The highest BCUT2D eigenvalue weighted by Gasteiger charge is 2.25. The van der Waals surface area contributed by atoms with Crippen LogP contribution in [0.2, 0.25) is 0 Å². The summed E-state index contributed by atoms with van der Waals surface area (Å²) in [6.07, 6.45) is 3.29. The Morgan fingerprint density at radius 2 is 2.15 bits per heavy atom. The number of ether oxygens (including phenoxy) is 2. The van der Waals surface area contributed by atoms with E-state index in [9.17, 15) is 0 Å². The molecule has 2 nitrogen and oxygen atoms in total. The zero-order valence-electron chi connectivity index (χ0n) is 8.46. The van der Waals surface area contributed by atoms with E-state index >= 15 is 0 Å². The molecule has 1 heterocycles. The summed E-state index contributed by atoms with van der Waals surface area (Å²) in [5.74, 6) is 2.58. The van der Waals surface area contributed by atoms with Gasteiger partial charge in [0, 0.05) is 6.42 Å². The van der Waals surface area contributed by atoms with Crippen LogP contribution in [0.25, 0.3) is 0 Å². The van der Waals surface area contributed by atoms with Crippen LogP contribution < -0.4 is 0 Å². The van der Waals surface area contributed by atoms with E-state index in [1.807, 2.05) is 6.92 Å². The lowest BCUT2D eigenvalue weighted by Gasteiger charge is -2.30. The lowest BCUT2D eigenvalue weighted by atomic mass is 9.92. The van der Waals surface area contributed by atoms with Gasteiger partial charge in [0.2, 0.25) is 0 Å². The van der Waals surface area contributed by atoms with E-state index in [0.717, 1.165) is 17.9 Å². The van der Waals surface area contributed by atoms with Crippen LogP contribution in [0, 0.1) is 5.92 Å². The average Bonchev–Trinajstić information content (AvgIpc) is 2.08. The van der Waals surface area contributed by atoms with Gasteiger partial charge in [-0.05, 0) is 25.8 Å². The molecule has 0 aromatic rings. The predicted octanol–water partition coefficient (Wildman–Crippen LogP) is 2.62. The number of hydrogen-bond donors (Lipinski definition) is 0. The summed E-state index contributed by atoms with van der Waals surface area (Å²) in [5, 5.41) is 0. The second-order valence-corrected chi connectivity index (χ2v) is 4.02. The van der Waals surface area contributed by atoms with E-state index in [-0.39, 0.29) is 6.10 Å². The fraction of sp³-hybridized carbons (Fsp3) is 0.636. The van der Waals surface area contributed by atoms with Crippen molar-refractivity contribution < 1.29 is 9.47 Å². The molecule has 2 heteroatoms. The molecule has 0 bridgehead atoms. The lowest BCUT2D eigenvalue weighted by molar-refractivity contribution is 0.00554. The molecule has 0 fully saturated rings. The molecule has 2 unspecified atom stereocenters. The molecule has 72 valence electrons. The predicted molar refractivity (Wildman–Crippen MR) is 51.1 cm³/mol. The molecule has 0 spiro atoms. The number of allylic oxidation sites excluding steroid dienone is 3. The molecule has 0 N–H and O–H groups in total. The Hall–Kier alpha value is -0.920. The molecule has 2 atom stereocenters. The minimum atomic E-state index is 0.191. The number of hydrogen-bond acceptors (Lipinski definition) is 2. The second kappa shape index (κ2) is 3.09. The van der Waals surface area contributed by atoms with Crippen molar-refractivity contribution in [2.45, 2.75) is 33.3 Å². The van der Waals surface area contributed by atoms with Crippen LogP contribution in [-0.4, -0.2) is 12.7 Å². The van der Waals surface area contributed by atoms with Crippen molar-refractivity contribution in [2.75, 3.05) is 6.61 Å². The highest BCUT2D eigenvalue weighted by molar-refractivity contribution is 5.28. The van der Waals surface area contributed by atoms with Crippen LogP contribution in [-0.2, 0) is 9.47 Å². The van der Waals surface area contributed by atoms with Crippen LogP contribution in [0.15, 0.2) is 23.2 Å². The Kier molecular flexibility index (Phi) is 2.06. The first-order chi connectivity index (χ1) is 6.16. The van der Waals surface area contributed by atoms with Crippen molar-refractivity contribution in [1.29, 1.82) is 0 Å². The molecule has 2 rings (SSSR count). The molecule has 0 radical (unpaired) electrons. The molecule has 0 aromatic carbocycles. The van der Waals surface area contributed by atoms with Crippen LogP contribution in [0.5, 0.6) is 0 Å². The fourth-order valence-electron chi connectivity index (χ4n) is 1.67. The molecule has 2 aliphatic rings. The van der Waals surface area contributed by atoms with Crippen molar-refractivity contribution in [3.8, 4) is 0 Å². The molecule has 0 amide bonds. The van der Waals surface area contributed by atoms with Gasteiger partial charge in [0.25, 0.3) is 0 Å². The van der Waals surface area contributed by atoms with E-state index in [1.54, 1.807) is 0 Å². The van der Waals surface area contributed by atoms with Gasteiger partial charge < -0.3 is 9.47 Å². The van der Waals surface area contributed by atoms with Crippen LogP contribution in [0.4, 0.5) is 0 Å². The first-order valence-corrected chi connectivity index (χ1v) is 4.87. The van der Waals surface area contributed by atoms with Crippen molar-refractivity contribution in [3.05, 3.63) is 23.2 Å². The van der Waals surface area contributed by atoms with Gasteiger partial charge in [-0.25, -0.2) is 0 Å². The number of rotatable bonds is 0. The highest BCUT2D eigenvalue weighted by Crippen LogP contribution is 2.32. The summed E-state index contributed by atoms with van der Waals surface area (Å²) in [5.41, 5.74) is 1.39. The smallest absolute Gasteiger partial charge is 0.157 e. The Morgan fingerprint density at radius 1 is 1.38 bits per heavy atom. The first kappa shape index (κ1) is 8.67. The summed E-state index contributed by atoms with van der Waals surface area (Å²) in [6, 6.07) is 0. The maximum Gasteiger partial charge on any atom is 0.157 e. The average molecular weight is 180 g/mol. The second-order valence-electron chi connectivity index (χ2n) is 4.02. The summed E-state index contributed by atoms with van der Waals surface area (Å²) in [7, 11) is 0. The minimum absolute atomic E-state index is 0.191. The highest BCUT2D eigenvalue weighted by atomic mass is 16.6. The quantitative estimate of drug-likeness (QED) is 0.570. The first-order valence-electron chi connectivity index (χ1n) is 4.87. The molecule has 0 saturated heterocycles. The molecular weight excluding hydrogens is 164 g/mol. The van der Waals surface area contributed by atoms with Gasteiger partial charge in [-0.15, -0.1) is 0 Å². The van der Waals surface area contributed by atoms with E-state index in [0.29, 0.717) is 12.5 Å². The van der Waals surface area contributed by atoms with Gasteiger partial charge in [-0.3, -0.25) is 0 Å². The standard InChI is InChI=1S/C11H16O2/c1-7-4-10-11(5-8(7)2)13-9(3)6-12-10/h5,7,9H,4,6H2,1-3H3. The Balaban J connectivity index is 2.24. The van der Waals surface area contributed by atoms with Gasteiger partial charge in [0.1, 0.15) is 18.5 Å². The summed E-state index contributed by atoms with van der Waals surface area (Å²) in [6.45, 7) is 7.09. The molecule has 1 aliphatic carbocycles. The third kappa shape index (κ3) is 1.58. The Bertz CT molecular complexity index is 276. The molecular formula is C11H16O2. The zero-order valence-corrected chi connectivity index (χ0v) is 8.46. The van der Waals surface area contributed by atoms with Gasteiger partial charge in [-0.1, -0.05) is 12.5 Å². The monoisotopic (exact) mass is 180 g/mol. The molecule has 0 aromatic heterocycles. The van der Waals surface area contributed by atoms with Crippen molar-refractivity contribution in [2.24, 2.45) is 5.92 Å². The minimum Gasteiger partial charge on any atom is -0.490 e. The van der Waals surface area contributed by atoms with Gasteiger partial charge >= 0.3 is 0 Å². The van der Waals surface area contributed by atoms with Crippen LogP contribution in [0.1, 0.15) is 27.2 Å². The molecule has 1 aliphatic heterocycles. The Labute approximate surface area is 79.2 Å². The lowest BCUT2D eigenvalue weighted by Crippen LogP contribution is -2.25. The van der Waals surface area contributed by atoms with Crippen molar-refractivity contribution in [3.63, 3.8) is 0 Å². The zero-order chi connectivity index (χ0) is 9.42. The van der Waals surface area contributed by atoms with Gasteiger partial charge in [0.05, 0.1) is 0 Å².